The Hall–Kier alpha value is -2.18. The van der Waals surface area contributed by atoms with Crippen molar-refractivity contribution in [3.63, 3.8) is 0 Å². The maximum Gasteiger partial charge on any atom is 0.340 e. The molecule has 0 radical (unpaired) electrons. The minimum atomic E-state index is -1.34. The Morgan fingerprint density at radius 3 is 2.54 bits per heavy atom. The van der Waals surface area contributed by atoms with E-state index < -0.39 is 28.8 Å². The number of ether oxygens (including phenoxy) is 1. The lowest BCUT2D eigenvalue weighted by molar-refractivity contribution is -0.123. The summed E-state index contributed by atoms with van der Waals surface area (Å²) in [4.78, 5) is 24.7. The summed E-state index contributed by atoms with van der Waals surface area (Å²) in [7, 11) is -1.34. The summed E-state index contributed by atoms with van der Waals surface area (Å²) in [6.07, 6.45) is 0.455. The largest absolute Gasteiger partial charge is 0.449 e. The first-order valence-electron chi connectivity index (χ1n) is 7.08. The average Bonchev–Trinajstić information content (AvgIpc) is 2.54. The molecule has 2 rings (SSSR count). The number of esters is 1. The lowest BCUT2D eigenvalue weighted by Gasteiger charge is -2.14. The second-order valence-electron chi connectivity index (χ2n) is 5.00. The van der Waals surface area contributed by atoms with Crippen molar-refractivity contribution < 1.29 is 18.5 Å². The van der Waals surface area contributed by atoms with E-state index in [1.807, 2.05) is 0 Å². The van der Waals surface area contributed by atoms with Crippen LogP contribution >= 0.6 is 11.6 Å². The van der Waals surface area contributed by atoms with E-state index in [1.54, 1.807) is 42.5 Å². The molecule has 0 fully saturated rings. The number of halogens is 1. The van der Waals surface area contributed by atoms with Crippen molar-refractivity contribution in [3.8, 4) is 0 Å². The predicted molar refractivity (Wildman–Crippen MR) is 93.7 cm³/mol. The van der Waals surface area contributed by atoms with Crippen molar-refractivity contribution in [2.75, 3.05) is 11.6 Å². The molecule has 0 aromatic heterocycles. The standard InChI is InChI=1S/C17H16ClNO4S/c1-11(16(20)19-13-7-5-6-12(18)10-13)23-17(21)14-8-3-4-9-15(14)24(2)22/h3-11H,1-2H3,(H,19,20)/t11-,24+/m0/s1. The van der Waals surface area contributed by atoms with Gasteiger partial charge < -0.3 is 10.1 Å². The summed E-state index contributed by atoms with van der Waals surface area (Å²) < 4.78 is 16.8. The zero-order valence-corrected chi connectivity index (χ0v) is 14.7. The van der Waals surface area contributed by atoms with Gasteiger partial charge in [0, 0.05) is 17.0 Å². The summed E-state index contributed by atoms with van der Waals surface area (Å²) in [6.45, 7) is 1.46. The van der Waals surface area contributed by atoms with E-state index in [2.05, 4.69) is 5.32 Å². The summed E-state index contributed by atoms with van der Waals surface area (Å²) in [5.74, 6) is -1.18. The average molecular weight is 366 g/mol. The molecule has 24 heavy (non-hydrogen) atoms. The molecule has 2 atom stereocenters. The fourth-order valence-corrected chi connectivity index (χ4v) is 2.90. The predicted octanol–water partition coefficient (Wildman–Crippen LogP) is 3.26. The highest BCUT2D eigenvalue weighted by molar-refractivity contribution is 7.84. The number of benzene rings is 2. The van der Waals surface area contributed by atoms with Crippen molar-refractivity contribution in [2.24, 2.45) is 0 Å². The van der Waals surface area contributed by atoms with Crippen LogP contribution in [-0.2, 0) is 20.3 Å². The third-order valence-electron chi connectivity index (χ3n) is 3.16. The van der Waals surface area contributed by atoms with Gasteiger partial charge in [-0.15, -0.1) is 0 Å². The number of anilines is 1. The molecule has 126 valence electrons. The van der Waals surface area contributed by atoms with Gasteiger partial charge in [0.05, 0.1) is 21.3 Å². The smallest absolute Gasteiger partial charge is 0.340 e. The van der Waals surface area contributed by atoms with E-state index >= 15 is 0 Å². The van der Waals surface area contributed by atoms with Crippen molar-refractivity contribution in [1.82, 2.24) is 0 Å². The minimum absolute atomic E-state index is 0.181. The molecule has 5 nitrogen and oxygen atoms in total. The second-order valence-corrected chi connectivity index (χ2v) is 6.78. The van der Waals surface area contributed by atoms with Gasteiger partial charge in [0.15, 0.2) is 6.10 Å². The molecule has 0 aliphatic heterocycles. The highest BCUT2D eigenvalue weighted by Crippen LogP contribution is 2.17. The van der Waals surface area contributed by atoms with E-state index in [0.29, 0.717) is 15.6 Å². The van der Waals surface area contributed by atoms with Gasteiger partial charge in [0.1, 0.15) is 0 Å². The van der Waals surface area contributed by atoms with E-state index in [9.17, 15) is 13.8 Å². The fourth-order valence-electron chi connectivity index (χ4n) is 1.97. The second kappa shape index (κ2) is 8.08. The van der Waals surface area contributed by atoms with Crippen molar-refractivity contribution in [3.05, 3.63) is 59.1 Å². The molecule has 0 aliphatic carbocycles. The minimum Gasteiger partial charge on any atom is -0.449 e. The van der Waals surface area contributed by atoms with Crippen LogP contribution in [0.25, 0.3) is 0 Å². The monoisotopic (exact) mass is 365 g/mol. The van der Waals surface area contributed by atoms with Gasteiger partial charge in [0.25, 0.3) is 5.91 Å². The zero-order valence-electron chi connectivity index (χ0n) is 13.1. The van der Waals surface area contributed by atoms with Gasteiger partial charge >= 0.3 is 5.97 Å². The molecule has 2 aromatic carbocycles. The van der Waals surface area contributed by atoms with E-state index in [1.165, 1.54) is 19.2 Å². The maximum absolute atomic E-state index is 12.2. The quantitative estimate of drug-likeness (QED) is 0.825. The van der Waals surface area contributed by atoms with Gasteiger partial charge in [0.2, 0.25) is 0 Å². The Balaban J connectivity index is 2.06. The van der Waals surface area contributed by atoms with Crippen LogP contribution in [-0.4, -0.2) is 28.4 Å². The molecule has 7 heteroatoms. The van der Waals surface area contributed by atoms with Crippen LogP contribution in [0, 0.1) is 0 Å². The number of amides is 1. The number of carbonyl (C=O) groups excluding carboxylic acids is 2. The molecular formula is C17H16ClNO4S. The fraction of sp³-hybridized carbons (Fsp3) is 0.176. The van der Waals surface area contributed by atoms with Crippen LogP contribution in [0.2, 0.25) is 5.02 Å². The molecule has 0 saturated carbocycles. The van der Waals surface area contributed by atoms with E-state index in [0.717, 1.165) is 0 Å². The lowest BCUT2D eigenvalue weighted by Crippen LogP contribution is -2.30. The van der Waals surface area contributed by atoms with Crippen LogP contribution in [0.15, 0.2) is 53.4 Å². The first-order chi connectivity index (χ1) is 11.4. The van der Waals surface area contributed by atoms with E-state index in [4.69, 9.17) is 16.3 Å². The first kappa shape index (κ1) is 18.2. The number of hydrogen-bond acceptors (Lipinski definition) is 4. The topological polar surface area (TPSA) is 72.5 Å². The van der Waals surface area contributed by atoms with Gasteiger partial charge in [-0.25, -0.2) is 4.79 Å². The number of nitrogens with one attached hydrogen (secondary N) is 1. The van der Waals surface area contributed by atoms with Gasteiger partial charge in [-0.2, -0.15) is 0 Å². The molecule has 2 aromatic rings. The first-order valence-corrected chi connectivity index (χ1v) is 9.02. The third kappa shape index (κ3) is 4.66. The summed E-state index contributed by atoms with van der Waals surface area (Å²) in [5.41, 5.74) is 0.686. The lowest BCUT2D eigenvalue weighted by atomic mass is 10.2. The molecule has 0 bridgehead atoms. The Bertz CT molecular complexity index is 794. The zero-order chi connectivity index (χ0) is 17.7. The summed E-state index contributed by atoms with van der Waals surface area (Å²) in [6, 6.07) is 13.1. The van der Waals surface area contributed by atoms with Crippen molar-refractivity contribution >= 4 is 40.0 Å². The number of carbonyl (C=O) groups is 2. The Labute approximate surface area is 147 Å². The summed E-state index contributed by atoms with van der Waals surface area (Å²) in [5, 5.41) is 3.10. The normalized spacial score (nSPS) is 13.0. The van der Waals surface area contributed by atoms with Gasteiger partial charge in [-0.1, -0.05) is 29.8 Å². The SMILES string of the molecule is C[C@H](OC(=O)c1ccccc1[S@@](C)=O)C(=O)Nc1cccc(Cl)c1. The van der Waals surface area contributed by atoms with Gasteiger partial charge in [-0.05, 0) is 37.3 Å². The van der Waals surface area contributed by atoms with Crippen LogP contribution in [0.4, 0.5) is 5.69 Å². The molecule has 0 aliphatic rings. The Morgan fingerprint density at radius 1 is 1.17 bits per heavy atom. The molecule has 0 saturated heterocycles. The number of hydrogen-bond donors (Lipinski definition) is 1. The van der Waals surface area contributed by atoms with Crippen molar-refractivity contribution in [1.29, 1.82) is 0 Å². The molecule has 1 amide bonds. The molecule has 1 N–H and O–H groups in total. The summed E-state index contributed by atoms with van der Waals surface area (Å²) >= 11 is 5.85. The van der Waals surface area contributed by atoms with Crippen molar-refractivity contribution in [2.45, 2.75) is 17.9 Å². The molecule has 0 spiro atoms. The highest BCUT2D eigenvalue weighted by atomic mass is 35.5. The van der Waals surface area contributed by atoms with Crippen LogP contribution < -0.4 is 5.32 Å². The molecule has 0 unspecified atom stereocenters. The van der Waals surface area contributed by atoms with E-state index in [-0.39, 0.29) is 5.56 Å². The Morgan fingerprint density at radius 2 is 1.88 bits per heavy atom. The van der Waals surface area contributed by atoms with Crippen LogP contribution in [0.3, 0.4) is 0 Å². The molecule has 0 heterocycles. The third-order valence-corrected chi connectivity index (χ3v) is 4.37. The number of rotatable bonds is 5. The highest BCUT2D eigenvalue weighted by Gasteiger charge is 2.21. The van der Waals surface area contributed by atoms with Gasteiger partial charge in [-0.3, -0.25) is 9.00 Å². The van der Waals surface area contributed by atoms with Crippen LogP contribution in [0.5, 0.6) is 0 Å². The maximum atomic E-state index is 12.2. The molecular weight excluding hydrogens is 350 g/mol. The Kier molecular flexibility index (Phi) is 6.11. The van der Waals surface area contributed by atoms with Crippen LogP contribution in [0.1, 0.15) is 17.3 Å².